The minimum atomic E-state index is -0.664. The van der Waals surface area contributed by atoms with Gasteiger partial charge in [-0.1, -0.05) is 19.9 Å². The number of hydrogen-bond acceptors (Lipinski definition) is 7. The zero-order valence-corrected chi connectivity index (χ0v) is 17.8. The van der Waals surface area contributed by atoms with Gasteiger partial charge in [0.1, 0.15) is 5.76 Å². The van der Waals surface area contributed by atoms with Gasteiger partial charge < -0.3 is 24.4 Å². The lowest BCUT2D eigenvalue weighted by Crippen LogP contribution is -2.37. The van der Waals surface area contributed by atoms with Crippen LogP contribution in [0.2, 0.25) is 0 Å². The number of aliphatic hydroxyl groups excluding tert-OH is 1. The Morgan fingerprint density at radius 1 is 1.20 bits per heavy atom. The molecule has 1 unspecified atom stereocenters. The first-order valence-corrected chi connectivity index (χ1v) is 10.9. The van der Waals surface area contributed by atoms with Gasteiger partial charge in [0.2, 0.25) is 6.79 Å². The van der Waals surface area contributed by atoms with Crippen molar-refractivity contribution >= 4 is 28.8 Å². The Morgan fingerprint density at radius 3 is 2.67 bits per heavy atom. The summed E-state index contributed by atoms with van der Waals surface area (Å²) >= 11 is 1.46. The first-order valence-electron chi connectivity index (χ1n) is 9.99. The molecule has 158 valence electrons. The number of rotatable bonds is 7. The summed E-state index contributed by atoms with van der Waals surface area (Å²) < 4.78 is 10.7. The van der Waals surface area contributed by atoms with Gasteiger partial charge in [-0.05, 0) is 42.7 Å². The molecule has 1 aromatic heterocycles. The Hall–Kier alpha value is -2.84. The molecule has 2 aromatic rings. The molecule has 30 heavy (non-hydrogen) atoms. The number of thiophene rings is 1. The summed E-state index contributed by atoms with van der Waals surface area (Å²) in [6.07, 6.45) is 0. The molecule has 0 aliphatic carbocycles. The molecule has 1 aromatic carbocycles. The third kappa shape index (κ3) is 3.57. The van der Waals surface area contributed by atoms with Crippen LogP contribution < -0.4 is 9.47 Å². The van der Waals surface area contributed by atoms with Crippen LogP contribution in [0.1, 0.15) is 30.3 Å². The van der Waals surface area contributed by atoms with Crippen molar-refractivity contribution in [3.8, 4) is 11.5 Å². The van der Waals surface area contributed by atoms with Gasteiger partial charge in [0.15, 0.2) is 11.5 Å². The molecule has 1 amide bonds. The number of hydrogen-bond donors (Lipinski definition) is 1. The minimum Gasteiger partial charge on any atom is -0.507 e. The van der Waals surface area contributed by atoms with Crippen molar-refractivity contribution in [2.75, 3.05) is 33.0 Å². The summed E-state index contributed by atoms with van der Waals surface area (Å²) in [5.41, 5.74) is 0.531. The van der Waals surface area contributed by atoms with Gasteiger partial charge in [-0.15, -0.1) is 11.3 Å². The van der Waals surface area contributed by atoms with Crippen LogP contribution in [0.5, 0.6) is 11.5 Å². The van der Waals surface area contributed by atoms with E-state index in [1.54, 1.807) is 23.1 Å². The van der Waals surface area contributed by atoms with Crippen molar-refractivity contribution < 1.29 is 24.2 Å². The number of ether oxygens (including phenoxy) is 2. The van der Waals surface area contributed by atoms with E-state index >= 15 is 0 Å². The van der Waals surface area contributed by atoms with Crippen molar-refractivity contribution in [1.29, 1.82) is 0 Å². The molecule has 1 fully saturated rings. The molecule has 1 atom stereocenters. The normalized spacial score (nSPS) is 19.8. The van der Waals surface area contributed by atoms with Crippen molar-refractivity contribution in [3.05, 3.63) is 51.7 Å². The van der Waals surface area contributed by atoms with Crippen molar-refractivity contribution in [1.82, 2.24) is 9.80 Å². The highest BCUT2D eigenvalue weighted by Crippen LogP contribution is 2.42. The molecule has 0 bridgehead atoms. The van der Waals surface area contributed by atoms with E-state index in [1.165, 1.54) is 11.3 Å². The molecular formula is C22H24N2O5S. The van der Waals surface area contributed by atoms with E-state index in [9.17, 15) is 14.7 Å². The molecule has 0 spiro atoms. The van der Waals surface area contributed by atoms with Crippen LogP contribution in [0.25, 0.3) is 5.76 Å². The van der Waals surface area contributed by atoms with Gasteiger partial charge in [-0.2, -0.15) is 0 Å². The lowest BCUT2D eigenvalue weighted by molar-refractivity contribution is -0.140. The zero-order chi connectivity index (χ0) is 21.3. The molecule has 8 heteroatoms. The third-order valence-corrected chi connectivity index (χ3v) is 6.47. The Kier molecular flexibility index (Phi) is 5.78. The van der Waals surface area contributed by atoms with E-state index in [-0.39, 0.29) is 18.1 Å². The second-order valence-corrected chi connectivity index (χ2v) is 8.08. The van der Waals surface area contributed by atoms with Gasteiger partial charge in [0, 0.05) is 23.5 Å². The van der Waals surface area contributed by atoms with Crippen LogP contribution in [0, 0.1) is 0 Å². The van der Waals surface area contributed by atoms with Crippen molar-refractivity contribution in [2.45, 2.75) is 19.9 Å². The molecular weight excluding hydrogens is 404 g/mol. The molecule has 2 aliphatic rings. The predicted molar refractivity (Wildman–Crippen MR) is 114 cm³/mol. The number of amides is 1. The van der Waals surface area contributed by atoms with Crippen LogP contribution in [0.15, 0.2) is 41.3 Å². The predicted octanol–water partition coefficient (Wildman–Crippen LogP) is 3.24. The number of fused-ring (bicyclic) bond motifs is 1. The monoisotopic (exact) mass is 428 g/mol. The summed E-state index contributed by atoms with van der Waals surface area (Å²) in [6.45, 7) is 7.04. The quantitative estimate of drug-likeness (QED) is 0.414. The van der Waals surface area contributed by atoms with Crippen LogP contribution >= 0.6 is 11.3 Å². The summed E-state index contributed by atoms with van der Waals surface area (Å²) in [5.74, 6) is -0.357. The van der Waals surface area contributed by atoms with E-state index in [1.807, 2.05) is 17.5 Å². The maximum absolute atomic E-state index is 13.0. The fourth-order valence-electron chi connectivity index (χ4n) is 3.84. The number of benzene rings is 1. The summed E-state index contributed by atoms with van der Waals surface area (Å²) in [4.78, 5) is 30.5. The van der Waals surface area contributed by atoms with Crippen LogP contribution in [-0.2, 0) is 9.59 Å². The zero-order valence-electron chi connectivity index (χ0n) is 17.0. The van der Waals surface area contributed by atoms with E-state index < -0.39 is 17.7 Å². The molecule has 1 N–H and O–H groups in total. The fraction of sp³-hybridized carbons (Fsp3) is 0.364. The number of Topliss-reactive ketones (excluding diaryl/α,β-unsaturated/α-hetero) is 1. The Morgan fingerprint density at radius 2 is 1.97 bits per heavy atom. The second kappa shape index (κ2) is 8.49. The number of ketones is 1. The molecule has 7 nitrogen and oxygen atoms in total. The van der Waals surface area contributed by atoms with E-state index in [0.29, 0.717) is 30.2 Å². The first kappa shape index (κ1) is 20.4. The number of aliphatic hydroxyl groups is 1. The smallest absolute Gasteiger partial charge is 0.295 e. The van der Waals surface area contributed by atoms with Crippen LogP contribution in [-0.4, -0.2) is 59.6 Å². The van der Waals surface area contributed by atoms with Crippen LogP contribution in [0.3, 0.4) is 0 Å². The first-order chi connectivity index (χ1) is 14.5. The van der Waals surface area contributed by atoms with Crippen molar-refractivity contribution in [2.24, 2.45) is 0 Å². The molecule has 2 aliphatic heterocycles. The SMILES string of the molecule is CCN(CC)CCN1C(=O)C(=O)C(=C(O)c2ccc3c(c2)OCO3)C1c1cccs1. The van der Waals surface area contributed by atoms with Gasteiger partial charge in [-0.3, -0.25) is 9.59 Å². The van der Waals surface area contributed by atoms with E-state index in [2.05, 4.69) is 18.7 Å². The van der Waals surface area contributed by atoms with Gasteiger partial charge >= 0.3 is 0 Å². The summed E-state index contributed by atoms with van der Waals surface area (Å²) in [7, 11) is 0. The highest BCUT2D eigenvalue weighted by molar-refractivity contribution is 7.10. The Bertz CT molecular complexity index is 981. The van der Waals surface area contributed by atoms with Gasteiger partial charge in [-0.25, -0.2) is 0 Å². The second-order valence-electron chi connectivity index (χ2n) is 7.10. The maximum atomic E-state index is 13.0. The molecule has 4 rings (SSSR count). The summed E-state index contributed by atoms with van der Waals surface area (Å²) in [5, 5.41) is 13.0. The lowest BCUT2D eigenvalue weighted by atomic mass is 9.99. The number of carbonyl (C=O) groups excluding carboxylic acids is 2. The maximum Gasteiger partial charge on any atom is 0.295 e. The fourth-order valence-corrected chi connectivity index (χ4v) is 4.69. The average molecular weight is 429 g/mol. The number of likely N-dealkylation sites (tertiary alicyclic amines) is 1. The van der Waals surface area contributed by atoms with E-state index in [0.717, 1.165) is 18.0 Å². The van der Waals surface area contributed by atoms with Gasteiger partial charge in [0.25, 0.3) is 11.7 Å². The van der Waals surface area contributed by atoms with Crippen LogP contribution in [0.4, 0.5) is 0 Å². The highest BCUT2D eigenvalue weighted by Gasteiger charge is 2.46. The van der Waals surface area contributed by atoms with Crippen molar-refractivity contribution in [3.63, 3.8) is 0 Å². The third-order valence-electron chi connectivity index (χ3n) is 5.55. The molecule has 0 radical (unpaired) electrons. The minimum absolute atomic E-state index is 0.112. The topological polar surface area (TPSA) is 79.3 Å². The molecule has 1 saturated heterocycles. The van der Waals surface area contributed by atoms with Gasteiger partial charge in [0.05, 0.1) is 11.6 Å². The van der Waals surface area contributed by atoms with E-state index in [4.69, 9.17) is 9.47 Å². The molecule has 0 saturated carbocycles. The number of carbonyl (C=O) groups is 2. The number of nitrogens with zero attached hydrogens (tertiary/aromatic N) is 2. The largest absolute Gasteiger partial charge is 0.507 e. The Labute approximate surface area is 179 Å². The summed E-state index contributed by atoms with van der Waals surface area (Å²) in [6, 6.07) is 8.15. The molecule has 3 heterocycles. The number of likely N-dealkylation sites (N-methyl/N-ethyl adjacent to an activating group) is 1. The highest BCUT2D eigenvalue weighted by atomic mass is 32.1. The lowest BCUT2D eigenvalue weighted by Gasteiger charge is -2.27. The Balaban J connectivity index is 1.74. The standard InChI is InChI=1S/C22H24N2O5S/c1-3-23(4-2)9-10-24-19(17-6-5-11-30-17)18(21(26)22(24)27)20(25)14-7-8-15-16(12-14)29-13-28-15/h5-8,11-12,19,25H,3-4,9-10,13H2,1-2H3. The average Bonchev–Trinajstić information content (AvgIpc) is 3.49.